The minimum absolute atomic E-state index is 0.0843. The number of hydrogen-bond donors (Lipinski definition) is 0. The molecule has 0 N–H and O–H groups in total. The van der Waals surface area contributed by atoms with Crippen LogP contribution in [-0.2, 0) is 11.8 Å². The van der Waals surface area contributed by atoms with Gasteiger partial charge in [0.05, 0.1) is 47.2 Å². The van der Waals surface area contributed by atoms with Crippen molar-refractivity contribution >= 4 is 44.4 Å². The first kappa shape index (κ1) is 27.3. The van der Waals surface area contributed by atoms with E-state index in [1.807, 2.05) is 52.4 Å². The Balaban J connectivity index is 1.14. The Hall–Kier alpha value is -5.28. The maximum absolute atomic E-state index is 13.7. The number of urea groups is 1. The van der Waals surface area contributed by atoms with Gasteiger partial charge in [-0.1, -0.05) is 42.5 Å². The van der Waals surface area contributed by atoms with Crippen LogP contribution in [0.5, 0.6) is 0 Å². The molecule has 1 saturated heterocycles. The highest BCUT2D eigenvalue weighted by atomic mass is 16.5. The molecule has 5 heterocycles. The number of amides is 2. The predicted octanol–water partition coefficient (Wildman–Crippen LogP) is 5.63. The normalized spacial score (nSPS) is 15.6. The van der Waals surface area contributed by atoms with E-state index < -0.39 is 0 Å². The summed E-state index contributed by atoms with van der Waals surface area (Å²) in [6.07, 6.45) is 6.60. The van der Waals surface area contributed by atoms with Gasteiger partial charge < -0.3 is 14.5 Å². The Kier molecular flexibility index (Phi) is 6.68. The van der Waals surface area contributed by atoms with E-state index >= 15 is 0 Å². The summed E-state index contributed by atoms with van der Waals surface area (Å²) in [5, 5.41) is 1.98. The number of aromatic nitrogens is 4. The van der Waals surface area contributed by atoms with Crippen molar-refractivity contribution in [2.24, 2.45) is 7.05 Å². The molecule has 0 unspecified atom stereocenters. The first-order valence-electron chi connectivity index (χ1n) is 15.3. The van der Waals surface area contributed by atoms with E-state index in [2.05, 4.69) is 47.5 Å². The molecule has 8 rings (SSSR count). The summed E-state index contributed by atoms with van der Waals surface area (Å²) in [6, 6.07) is 24.6. The van der Waals surface area contributed by atoms with Crippen molar-refractivity contribution in [3.05, 3.63) is 107 Å². The van der Waals surface area contributed by atoms with Crippen LogP contribution >= 0.6 is 0 Å². The van der Waals surface area contributed by atoms with Crippen molar-refractivity contribution < 1.29 is 9.53 Å². The number of imidazole rings is 1. The highest BCUT2D eigenvalue weighted by molar-refractivity contribution is 6.05. The van der Waals surface area contributed by atoms with Crippen LogP contribution in [0.25, 0.3) is 55.2 Å². The summed E-state index contributed by atoms with van der Waals surface area (Å²) in [5.74, 6) is 0. The fourth-order valence-corrected chi connectivity index (χ4v) is 6.53. The molecule has 0 aliphatic carbocycles. The first-order valence-corrected chi connectivity index (χ1v) is 15.3. The van der Waals surface area contributed by atoms with E-state index in [9.17, 15) is 9.59 Å². The number of fused-ring (bicyclic) bond motifs is 4. The van der Waals surface area contributed by atoms with Crippen LogP contribution in [0, 0.1) is 0 Å². The van der Waals surface area contributed by atoms with Crippen molar-refractivity contribution in [3.63, 3.8) is 0 Å². The third-order valence-electron chi connectivity index (χ3n) is 9.06. The largest absolute Gasteiger partial charge is 0.378 e. The molecular weight excluding hydrogens is 564 g/mol. The second kappa shape index (κ2) is 11.0. The van der Waals surface area contributed by atoms with Crippen molar-refractivity contribution in [3.8, 4) is 16.8 Å². The molecule has 9 heteroatoms. The standard InChI is InChI=1S/C36H32N6O3/c1-39-33-23-38-32-11-8-26(28-20-27-4-2-3-5-31(27)37-22-28)21-30(32)34(33)42(35(39)43)29-9-6-24(7-10-29)25-12-14-40(15-13-25)36(44)41-16-18-45-19-17-41/h2-12,20-23H,13-19H2,1H3. The first-order chi connectivity index (χ1) is 22.0. The quantitative estimate of drug-likeness (QED) is 0.264. The number of nitrogens with zero attached hydrogens (tertiary/aromatic N) is 6. The van der Waals surface area contributed by atoms with E-state index in [1.165, 1.54) is 5.57 Å². The van der Waals surface area contributed by atoms with Crippen molar-refractivity contribution in [2.75, 3.05) is 39.4 Å². The number of carbonyl (C=O) groups excluding carboxylic acids is 1. The molecule has 0 saturated carbocycles. The number of ether oxygens (including phenoxy) is 1. The highest BCUT2D eigenvalue weighted by Crippen LogP contribution is 2.31. The molecule has 2 aliphatic heterocycles. The number of aryl methyl sites for hydroxylation is 1. The zero-order valence-corrected chi connectivity index (χ0v) is 25.0. The molecule has 3 aromatic carbocycles. The van der Waals surface area contributed by atoms with E-state index in [4.69, 9.17) is 9.72 Å². The minimum Gasteiger partial charge on any atom is -0.378 e. The summed E-state index contributed by atoms with van der Waals surface area (Å²) in [6.45, 7) is 3.76. The van der Waals surface area contributed by atoms with E-state index in [1.54, 1.807) is 22.4 Å². The molecule has 3 aromatic heterocycles. The number of carbonyl (C=O) groups is 1. The van der Waals surface area contributed by atoms with Gasteiger partial charge in [-0.05, 0) is 59.5 Å². The Bertz CT molecular complexity index is 2190. The van der Waals surface area contributed by atoms with Gasteiger partial charge in [0.1, 0.15) is 0 Å². The van der Waals surface area contributed by atoms with Crippen molar-refractivity contribution in [1.82, 2.24) is 28.9 Å². The molecule has 1 fully saturated rings. The Labute approximate surface area is 259 Å². The van der Waals surface area contributed by atoms with Gasteiger partial charge >= 0.3 is 11.7 Å². The minimum atomic E-state index is -0.126. The van der Waals surface area contributed by atoms with Crippen molar-refractivity contribution in [2.45, 2.75) is 6.42 Å². The van der Waals surface area contributed by atoms with E-state index in [0.717, 1.165) is 61.6 Å². The second-order valence-electron chi connectivity index (χ2n) is 11.7. The Morgan fingerprint density at radius 1 is 0.800 bits per heavy atom. The molecule has 2 amide bonds. The van der Waals surface area contributed by atoms with Gasteiger partial charge in [-0.3, -0.25) is 19.1 Å². The van der Waals surface area contributed by atoms with Crippen LogP contribution < -0.4 is 5.69 Å². The smallest absolute Gasteiger partial charge is 0.333 e. The number of hydrogen-bond acceptors (Lipinski definition) is 5. The van der Waals surface area contributed by atoms with Crippen LogP contribution in [-0.4, -0.2) is 74.3 Å². The Morgan fingerprint density at radius 2 is 1.58 bits per heavy atom. The number of rotatable bonds is 3. The van der Waals surface area contributed by atoms with Gasteiger partial charge in [0.15, 0.2) is 0 Å². The number of pyridine rings is 2. The molecule has 0 bridgehead atoms. The van der Waals surface area contributed by atoms with Gasteiger partial charge in [-0.25, -0.2) is 9.59 Å². The summed E-state index contributed by atoms with van der Waals surface area (Å²) in [4.78, 5) is 39.7. The summed E-state index contributed by atoms with van der Waals surface area (Å²) in [5.41, 5.74) is 8.36. The number of para-hydroxylation sites is 1. The number of benzene rings is 3. The van der Waals surface area contributed by atoms with Gasteiger partial charge in [-0.15, -0.1) is 0 Å². The van der Waals surface area contributed by atoms with Crippen LogP contribution in [0.2, 0.25) is 0 Å². The fraction of sp³-hybridized carbons (Fsp3) is 0.222. The third kappa shape index (κ3) is 4.76. The lowest BCUT2D eigenvalue weighted by atomic mass is 9.99. The lowest BCUT2D eigenvalue weighted by Gasteiger charge is -2.34. The number of morpholine rings is 1. The van der Waals surface area contributed by atoms with Crippen LogP contribution in [0.15, 0.2) is 96.1 Å². The molecule has 224 valence electrons. The van der Waals surface area contributed by atoms with Crippen LogP contribution in [0.1, 0.15) is 12.0 Å². The van der Waals surface area contributed by atoms with Gasteiger partial charge in [-0.2, -0.15) is 0 Å². The average Bonchev–Trinajstić information content (AvgIpc) is 3.37. The van der Waals surface area contributed by atoms with E-state index in [-0.39, 0.29) is 11.7 Å². The lowest BCUT2D eigenvalue weighted by Crippen LogP contribution is -2.49. The molecule has 6 aromatic rings. The summed E-state index contributed by atoms with van der Waals surface area (Å²) in [7, 11) is 1.79. The monoisotopic (exact) mass is 596 g/mol. The highest BCUT2D eigenvalue weighted by Gasteiger charge is 2.25. The molecule has 2 aliphatic rings. The van der Waals surface area contributed by atoms with Crippen LogP contribution in [0.3, 0.4) is 0 Å². The van der Waals surface area contributed by atoms with E-state index in [0.29, 0.717) is 39.4 Å². The van der Waals surface area contributed by atoms with Gasteiger partial charge in [0, 0.05) is 55.8 Å². The SMILES string of the molecule is Cn1c(=O)n(-c2ccc(C3=CCN(C(=O)N4CCOCC4)CC3)cc2)c2c3cc(-c4cnc5ccccc5c4)ccc3ncc21. The Morgan fingerprint density at radius 3 is 2.38 bits per heavy atom. The molecule has 45 heavy (non-hydrogen) atoms. The van der Waals surface area contributed by atoms with Crippen LogP contribution in [0.4, 0.5) is 4.79 Å². The maximum atomic E-state index is 13.7. The molecule has 0 spiro atoms. The second-order valence-corrected chi connectivity index (χ2v) is 11.7. The average molecular weight is 597 g/mol. The topological polar surface area (TPSA) is 85.5 Å². The molecule has 0 atom stereocenters. The van der Waals surface area contributed by atoms with Crippen molar-refractivity contribution in [1.29, 1.82) is 0 Å². The molecular formula is C36H32N6O3. The lowest BCUT2D eigenvalue weighted by molar-refractivity contribution is 0.0441. The predicted molar refractivity (Wildman–Crippen MR) is 177 cm³/mol. The fourth-order valence-electron chi connectivity index (χ4n) is 6.53. The van der Waals surface area contributed by atoms with Gasteiger partial charge in [0.25, 0.3) is 0 Å². The molecule has 9 nitrogen and oxygen atoms in total. The zero-order valence-electron chi connectivity index (χ0n) is 25.0. The maximum Gasteiger partial charge on any atom is 0.333 e. The third-order valence-corrected chi connectivity index (χ3v) is 9.06. The summed E-state index contributed by atoms with van der Waals surface area (Å²) >= 11 is 0. The summed E-state index contributed by atoms with van der Waals surface area (Å²) < 4.78 is 8.83. The molecule has 0 radical (unpaired) electrons. The zero-order chi connectivity index (χ0) is 30.5. The van der Waals surface area contributed by atoms with Gasteiger partial charge in [0.2, 0.25) is 0 Å².